The number of aryl methyl sites for hydroxylation is 1. The highest BCUT2D eigenvalue weighted by Gasteiger charge is 2.20. The first kappa shape index (κ1) is 21.9. The van der Waals surface area contributed by atoms with Gasteiger partial charge in [0, 0.05) is 24.7 Å². The van der Waals surface area contributed by atoms with Crippen LogP contribution in [0.15, 0.2) is 60.8 Å². The highest BCUT2D eigenvalue weighted by atomic mass is 16.5. The minimum absolute atomic E-state index is 0.184. The number of ether oxygens (including phenoxy) is 1. The molecule has 8 heteroatoms. The largest absolute Gasteiger partial charge is 0.497 e. The minimum atomic E-state index is -0.184. The molecule has 3 heterocycles. The van der Waals surface area contributed by atoms with E-state index in [0.29, 0.717) is 24.3 Å². The zero-order chi connectivity index (χ0) is 23.3. The molecule has 0 spiro atoms. The SMILES string of the molecule is COc1ccc(-c2nn(Cc3ccccc3)cc2C(=O)NCc2nnc3n2CCCCC3)cc1. The zero-order valence-electron chi connectivity index (χ0n) is 19.3. The summed E-state index contributed by atoms with van der Waals surface area (Å²) in [5.41, 5.74) is 3.13. The van der Waals surface area contributed by atoms with Gasteiger partial charge >= 0.3 is 0 Å². The van der Waals surface area contributed by atoms with E-state index in [-0.39, 0.29) is 5.91 Å². The molecule has 2 aromatic carbocycles. The van der Waals surface area contributed by atoms with Gasteiger partial charge in [-0.15, -0.1) is 10.2 Å². The Kier molecular flexibility index (Phi) is 6.38. The molecule has 0 saturated carbocycles. The summed E-state index contributed by atoms with van der Waals surface area (Å²) in [5, 5.41) is 16.5. The van der Waals surface area contributed by atoms with E-state index in [2.05, 4.69) is 20.1 Å². The van der Waals surface area contributed by atoms with Crippen LogP contribution in [0.5, 0.6) is 5.75 Å². The van der Waals surface area contributed by atoms with Crippen molar-refractivity contribution in [1.82, 2.24) is 29.9 Å². The molecule has 1 aliphatic heterocycles. The van der Waals surface area contributed by atoms with E-state index in [1.165, 1.54) is 6.42 Å². The Balaban J connectivity index is 1.40. The Morgan fingerprint density at radius 2 is 1.85 bits per heavy atom. The molecule has 0 aliphatic carbocycles. The number of aromatic nitrogens is 5. The minimum Gasteiger partial charge on any atom is -0.497 e. The van der Waals surface area contributed by atoms with Gasteiger partial charge in [0.2, 0.25) is 0 Å². The number of amides is 1. The van der Waals surface area contributed by atoms with E-state index in [1.807, 2.05) is 65.5 Å². The van der Waals surface area contributed by atoms with E-state index < -0.39 is 0 Å². The van der Waals surface area contributed by atoms with Gasteiger partial charge in [0.15, 0.2) is 5.82 Å². The van der Waals surface area contributed by atoms with Crippen molar-refractivity contribution in [3.05, 3.63) is 83.6 Å². The molecule has 0 radical (unpaired) electrons. The van der Waals surface area contributed by atoms with Gasteiger partial charge in [0.05, 0.1) is 25.8 Å². The molecule has 0 atom stereocenters. The second kappa shape index (κ2) is 9.91. The monoisotopic (exact) mass is 456 g/mol. The molecule has 0 unspecified atom stereocenters. The van der Waals surface area contributed by atoms with Crippen molar-refractivity contribution in [3.8, 4) is 17.0 Å². The normalized spacial score (nSPS) is 13.2. The van der Waals surface area contributed by atoms with E-state index in [9.17, 15) is 4.79 Å². The topological polar surface area (TPSA) is 86.9 Å². The van der Waals surface area contributed by atoms with Crippen molar-refractivity contribution in [2.24, 2.45) is 0 Å². The second-order valence-corrected chi connectivity index (χ2v) is 8.48. The number of carbonyl (C=O) groups is 1. The number of rotatable bonds is 7. The van der Waals surface area contributed by atoms with E-state index >= 15 is 0 Å². The Morgan fingerprint density at radius 1 is 1.03 bits per heavy atom. The molecule has 34 heavy (non-hydrogen) atoms. The van der Waals surface area contributed by atoms with Crippen LogP contribution in [-0.4, -0.2) is 37.6 Å². The summed E-state index contributed by atoms with van der Waals surface area (Å²) in [5.74, 6) is 2.38. The van der Waals surface area contributed by atoms with Crippen molar-refractivity contribution in [1.29, 1.82) is 0 Å². The third kappa shape index (κ3) is 4.71. The van der Waals surface area contributed by atoms with Crippen LogP contribution in [0.2, 0.25) is 0 Å². The molecular weight excluding hydrogens is 428 g/mol. The summed E-state index contributed by atoms with van der Waals surface area (Å²) in [7, 11) is 1.63. The van der Waals surface area contributed by atoms with Crippen LogP contribution in [0, 0.1) is 0 Å². The summed E-state index contributed by atoms with van der Waals surface area (Å²) >= 11 is 0. The molecule has 2 aromatic heterocycles. The molecule has 0 bridgehead atoms. The fourth-order valence-corrected chi connectivity index (χ4v) is 4.33. The van der Waals surface area contributed by atoms with Crippen molar-refractivity contribution >= 4 is 5.91 Å². The lowest BCUT2D eigenvalue weighted by Crippen LogP contribution is -2.25. The van der Waals surface area contributed by atoms with Gasteiger partial charge in [-0.05, 0) is 42.7 Å². The summed E-state index contributed by atoms with van der Waals surface area (Å²) < 4.78 is 9.24. The van der Waals surface area contributed by atoms with Crippen molar-refractivity contribution in [3.63, 3.8) is 0 Å². The van der Waals surface area contributed by atoms with Gasteiger partial charge in [0.1, 0.15) is 17.3 Å². The van der Waals surface area contributed by atoms with Gasteiger partial charge in [-0.25, -0.2) is 0 Å². The predicted molar refractivity (Wildman–Crippen MR) is 129 cm³/mol. The fraction of sp³-hybridized carbons (Fsp3) is 0.308. The lowest BCUT2D eigenvalue weighted by atomic mass is 10.1. The zero-order valence-corrected chi connectivity index (χ0v) is 19.3. The Labute approximate surface area is 198 Å². The van der Waals surface area contributed by atoms with Crippen molar-refractivity contribution in [2.75, 3.05) is 7.11 Å². The van der Waals surface area contributed by atoms with Crippen LogP contribution in [0.4, 0.5) is 0 Å². The first-order chi connectivity index (χ1) is 16.7. The molecule has 0 saturated heterocycles. The maximum atomic E-state index is 13.3. The molecule has 174 valence electrons. The van der Waals surface area contributed by atoms with Gasteiger partial charge in [-0.2, -0.15) is 5.10 Å². The average Bonchev–Trinajstić information content (AvgIpc) is 3.39. The average molecular weight is 457 g/mol. The summed E-state index contributed by atoms with van der Waals surface area (Å²) in [6, 6.07) is 17.7. The Morgan fingerprint density at radius 3 is 2.65 bits per heavy atom. The van der Waals surface area contributed by atoms with E-state index in [1.54, 1.807) is 7.11 Å². The third-order valence-electron chi connectivity index (χ3n) is 6.15. The first-order valence-corrected chi connectivity index (χ1v) is 11.7. The predicted octanol–water partition coefficient (Wildman–Crippen LogP) is 3.85. The summed E-state index contributed by atoms with van der Waals surface area (Å²) in [6.07, 6.45) is 6.19. The lowest BCUT2D eigenvalue weighted by molar-refractivity contribution is 0.0950. The number of fused-ring (bicyclic) bond motifs is 1. The number of hydrogen-bond acceptors (Lipinski definition) is 5. The standard InChI is InChI=1S/C26H28N6O2/c1-34-21-13-11-20(12-14-21)25-22(18-31(30-25)17-19-8-4-2-5-9-19)26(33)27-16-24-29-28-23-10-6-3-7-15-32(23)24/h2,4-5,8-9,11-14,18H,3,6-7,10,15-17H2,1H3,(H,27,33). The molecule has 0 fully saturated rings. The molecular formula is C26H28N6O2. The van der Waals surface area contributed by atoms with Crippen molar-refractivity contribution in [2.45, 2.75) is 45.3 Å². The van der Waals surface area contributed by atoms with Crippen LogP contribution >= 0.6 is 0 Å². The third-order valence-corrected chi connectivity index (χ3v) is 6.15. The molecule has 1 amide bonds. The fourth-order valence-electron chi connectivity index (χ4n) is 4.33. The first-order valence-electron chi connectivity index (χ1n) is 11.7. The smallest absolute Gasteiger partial charge is 0.255 e. The molecule has 1 aliphatic rings. The quantitative estimate of drug-likeness (QED) is 0.456. The Bertz CT molecular complexity index is 1260. The molecule has 4 aromatic rings. The number of benzene rings is 2. The number of carbonyl (C=O) groups excluding carboxylic acids is 1. The van der Waals surface area contributed by atoms with Crippen LogP contribution < -0.4 is 10.1 Å². The van der Waals surface area contributed by atoms with Crippen LogP contribution in [-0.2, 0) is 26.1 Å². The maximum Gasteiger partial charge on any atom is 0.255 e. The van der Waals surface area contributed by atoms with Gasteiger partial charge in [0.25, 0.3) is 5.91 Å². The van der Waals surface area contributed by atoms with Crippen LogP contribution in [0.25, 0.3) is 11.3 Å². The summed E-state index contributed by atoms with van der Waals surface area (Å²) in [4.78, 5) is 13.3. The number of nitrogens with one attached hydrogen (secondary N) is 1. The van der Waals surface area contributed by atoms with Gasteiger partial charge < -0.3 is 14.6 Å². The van der Waals surface area contributed by atoms with Gasteiger partial charge in [-0.3, -0.25) is 9.48 Å². The summed E-state index contributed by atoms with van der Waals surface area (Å²) in [6.45, 7) is 1.81. The molecule has 8 nitrogen and oxygen atoms in total. The van der Waals surface area contributed by atoms with Crippen LogP contribution in [0.1, 0.15) is 46.8 Å². The number of methoxy groups -OCH3 is 1. The van der Waals surface area contributed by atoms with Crippen LogP contribution in [0.3, 0.4) is 0 Å². The highest BCUT2D eigenvalue weighted by molar-refractivity contribution is 5.99. The molecule has 1 N–H and O–H groups in total. The van der Waals surface area contributed by atoms with E-state index in [0.717, 1.165) is 54.3 Å². The van der Waals surface area contributed by atoms with Crippen molar-refractivity contribution < 1.29 is 9.53 Å². The van der Waals surface area contributed by atoms with Gasteiger partial charge in [-0.1, -0.05) is 36.8 Å². The maximum absolute atomic E-state index is 13.3. The second-order valence-electron chi connectivity index (χ2n) is 8.48. The Hall–Kier alpha value is -3.94. The van der Waals surface area contributed by atoms with E-state index in [4.69, 9.17) is 9.84 Å². The molecule has 5 rings (SSSR count). The number of nitrogens with zero attached hydrogens (tertiary/aromatic N) is 5. The highest BCUT2D eigenvalue weighted by Crippen LogP contribution is 2.25. The lowest BCUT2D eigenvalue weighted by Gasteiger charge is -2.08. The number of hydrogen-bond donors (Lipinski definition) is 1.